The summed E-state index contributed by atoms with van der Waals surface area (Å²) >= 11 is 1.87. The maximum absolute atomic E-state index is 6.04. The van der Waals surface area contributed by atoms with Crippen LogP contribution >= 0.6 is 11.3 Å². The minimum absolute atomic E-state index is 0.186. The molecule has 2 aromatic heterocycles. The summed E-state index contributed by atoms with van der Waals surface area (Å²) in [4.78, 5) is 2.78. The zero-order valence-electron chi connectivity index (χ0n) is 13.8. The second-order valence-electron chi connectivity index (χ2n) is 6.19. The highest BCUT2D eigenvalue weighted by Gasteiger charge is 2.33. The van der Waals surface area contributed by atoms with Crippen LogP contribution in [0.15, 0.2) is 12.1 Å². The van der Waals surface area contributed by atoms with Crippen LogP contribution in [0.2, 0.25) is 0 Å². The van der Waals surface area contributed by atoms with Gasteiger partial charge in [-0.15, -0.1) is 11.3 Å². The molecule has 0 spiro atoms. The number of nitrogens with zero attached hydrogens (tertiary/aromatic N) is 2. The summed E-state index contributed by atoms with van der Waals surface area (Å²) in [5.41, 5.74) is 3.62. The van der Waals surface area contributed by atoms with Crippen LogP contribution in [0.25, 0.3) is 0 Å². The Morgan fingerprint density at radius 1 is 1.36 bits per heavy atom. The van der Waals surface area contributed by atoms with Crippen LogP contribution in [0, 0.1) is 26.7 Å². The van der Waals surface area contributed by atoms with E-state index in [9.17, 15) is 0 Å². The van der Waals surface area contributed by atoms with Crippen molar-refractivity contribution < 1.29 is 4.74 Å². The molecule has 1 aliphatic rings. The van der Waals surface area contributed by atoms with E-state index in [1.54, 1.807) is 0 Å². The highest BCUT2D eigenvalue weighted by Crippen LogP contribution is 2.37. The summed E-state index contributed by atoms with van der Waals surface area (Å²) < 4.78 is 8.01. The summed E-state index contributed by atoms with van der Waals surface area (Å²) in [6, 6.07) is 4.40. The molecule has 0 saturated carbocycles. The van der Waals surface area contributed by atoms with Crippen molar-refractivity contribution in [3.63, 3.8) is 0 Å². The molecule has 2 atom stereocenters. The fourth-order valence-corrected chi connectivity index (χ4v) is 4.18. The lowest BCUT2D eigenvalue weighted by molar-refractivity contribution is 0.0894. The van der Waals surface area contributed by atoms with Gasteiger partial charge < -0.3 is 10.1 Å². The van der Waals surface area contributed by atoms with Gasteiger partial charge in [0.15, 0.2) is 0 Å². The van der Waals surface area contributed by atoms with E-state index in [0.717, 1.165) is 31.8 Å². The third-order valence-corrected chi connectivity index (χ3v) is 5.57. The van der Waals surface area contributed by atoms with E-state index >= 15 is 0 Å². The van der Waals surface area contributed by atoms with E-state index < -0.39 is 0 Å². The van der Waals surface area contributed by atoms with Gasteiger partial charge in [0.25, 0.3) is 0 Å². The number of aryl methyl sites for hydroxylation is 3. The molecule has 0 unspecified atom stereocenters. The Morgan fingerprint density at radius 3 is 2.82 bits per heavy atom. The molecular weight excluding hydrogens is 294 g/mol. The Kier molecular flexibility index (Phi) is 4.66. The van der Waals surface area contributed by atoms with E-state index in [1.165, 1.54) is 21.0 Å². The molecule has 5 heteroatoms. The number of hydrogen-bond acceptors (Lipinski definition) is 4. The molecule has 4 nitrogen and oxygen atoms in total. The van der Waals surface area contributed by atoms with E-state index in [0.29, 0.717) is 5.92 Å². The summed E-state index contributed by atoms with van der Waals surface area (Å²) in [6.07, 6.45) is 1.31. The van der Waals surface area contributed by atoms with Crippen molar-refractivity contribution in [2.75, 3.05) is 13.2 Å². The first kappa shape index (κ1) is 15.7. The number of thiophene rings is 1. The van der Waals surface area contributed by atoms with Crippen LogP contribution < -0.4 is 5.32 Å². The standard InChI is InChI=1S/C17H25N3OS/c1-11-5-6-15(22-11)10-18-9-14-7-8-21-17(14)16-12(2)19-20(4)13(16)3/h5-6,14,17-18H,7-10H2,1-4H3/t14-,17+/m0/s1. The minimum atomic E-state index is 0.186. The van der Waals surface area contributed by atoms with Crippen molar-refractivity contribution >= 4 is 11.3 Å². The van der Waals surface area contributed by atoms with Crippen molar-refractivity contribution in [3.8, 4) is 0 Å². The van der Waals surface area contributed by atoms with Crippen LogP contribution in [-0.2, 0) is 18.3 Å². The summed E-state index contributed by atoms with van der Waals surface area (Å²) in [5, 5.41) is 8.14. The van der Waals surface area contributed by atoms with Gasteiger partial charge in [-0.2, -0.15) is 5.10 Å². The number of hydrogen-bond donors (Lipinski definition) is 1. The molecule has 1 saturated heterocycles. The Balaban J connectivity index is 1.63. The third kappa shape index (κ3) is 3.12. The van der Waals surface area contributed by atoms with Crippen molar-refractivity contribution in [2.24, 2.45) is 13.0 Å². The molecule has 1 N–H and O–H groups in total. The monoisotopic (exact) mass is 319 g/mol. The van der Waals surface area contributed by atoms with Crippen molar-refractivity contribution in [2.45, 2.75) is 39.8 Å². The molecule has 1 fully saturated rings. The van der Waals surface area contributed by atoms with Gasteiger partial charge >= 0.3 is 0 Å². The maximum atomic E-state index is 6.04. The predicted octanol–water partition coefficient (Wildman–Crippen LogP) is 3.27. The number of ether oxygens (including phenoxy) is 1. The van der Waals surface area contributed by atoms with Gasteiger partial charge in [-0.3, -0.25) is 4.68 Å². The third-order valence-electron chi connectivity index (χ3n) is 4.57. The molecular formula is C17H25N3OS. The highest BCUT2D eigenvalue weighted by atomic mass is 32.1. The first-order valence-electron chi connectivity index (χ1n) is 7.94. The zero-order valence-corrected chi connectivity index (χ0v) is 14.7. The molecule has 120 valence electrons. The fraction of sp³-hybridized carbons (Fsp3) is 0.588. The number of aromatic nitrogens is 2. The second kappa shape index (κ2) is 6.52. The first-order valence-corrected chi connectivity index (χ1v) is 8.75. The van der Waals surface area contributed by atoms with Gasteiger partial charge in [-0.1, -0.05) is 0 Å². The summed E-state index contributed by atoms with van der Waals surface area (Å²) in [7, 11) is 2.01. The lowest BCUT2D eigenvalue weighted by Gasteiger charge is -2.19. The van der Waals surface area contributed by atoms with Crippen LogP contribution in [-0.4, -0.2) is 22.9 Å². The van der Waals surface area contributed by atoms with E-state index in [1.807, 2.05) is 23.1 Å². The summed E-state index contributed by atoms with van der Waals surface area (Å²) in [6.45, 7) is 9.17. The molecule has 22 heavy (non-hydrogen) atoms. The second-order valence-corrected chi connectivity index (χ2v) is 7.56. The zero-order chi connectivity index (χ0) is 15.7. The van der Waals surface area contributed by atoms with E-state index in [4.69, 9.17) is 4.74 Å². The first-order chi connectivity index (χ1) is 10.6. The fourth-order valence-electron chi connectivity index (χ4n) is 3.32. The van der Waals surface area contributed by atoms with Crippen LogP contribution in [0.4, 0.5) is 0 Å². The van der Waals surface area contributed by atoms with Crippen LogP contribution in [0.3, 0.4) is 0 Å². The predicted molar refractivity (Wildman–Crippen MR) is 90.2 cm³/mol. The van der Waals surface area contributed by atoms with Gasteiger partial charge in [0, 0.05) is 53.7 Å². The van der Waals surface area contributed by atoms with Gasteiger partial charge in [0.05, 0.1) is 11.8 Å². The quantitative estimate of drug-likeness (QED) is 0.919. The van der Waals surface area contributed by atoms with E-state index in [-0.39, 0.29) is 6.10 Å². The van der Waals surface area contributed by atoms with Crippen molar-refractivity contribution in [1.29, 1.82) is 0 Å². The number of nitrogens with one attached hydrogen (secondary N) is 1. The molecule has 3 rings (SSSR count). The number of rotatable bonds is 5. The molecule has 0 bridgehead atoms. The minimum Gasteiger partial charge on any atom is -0.373 e. The van der Waals surface area contributed by atoms with Gasteiger partial charge in [0.2, 0.25) is 0 Å². The van der Waals surface area contributed by atoms with Gasteiger partial charge in [-0.25, -0.2) is 0 Å². The normalized spacial score (nSPS) is 21.6. The van der Waals surface area contributed by atoms with Crippen LogP contribution in [0.1, 0.15) is 39.2 Å². The Morgan fingerprint density at radius 2 is 2.18 bits per heavy atom. The summed E-state index contributed by atoms with van der Waals surface area (Å²) in [5.74, 6) is 0.530. The molecule has 0 aromatic carbocycles. The highest BCUT2D eigenvalue weighted by molar-refractivity contribution is 7.11. The topological polar surface area (TPSA) is 39.1 Å². The Bertz CT molecular complexity index is 646. The van der Waals surface area contributed by atoms with Crippen molar-refractivity contribution in [3.05, 3.63) is 38.8 Å². The molecule has 1 aliphatic heterocycles. The van der Waals surface area contributed by atoms with E-state index in [2.05, 4.69) is 43.3 Å². The van der Waals surface area contributed by atoms with Crippen molar-refractivity contribution in [1.82, 2.24) is 15.1 Å². The molecule has 0 amide bonds. The Labute approximate surface area is 136 Å². The van der Waals surface area contributed by atoms with Crippen LogP contribution in [0.5, 0.6) is 0 Å². The largest absolute Gasteiger partial charge is 0.373 e. The maximum Gasteiger partial charge on any atom is 0.0901 e. The average molecular weight is 319 g/mol. The van der Waals surface area contributed by atoms with Gasteiger partial charge in [0.1, 0.15) is 0 Å². The Hall–Kier alpha value is -1.17. The molecule has 0 aliphatic carbocycles. The molecule has 3 heterocycles. The smallest absolute Gasteiger partial charge is 0.0901 e. The average Bonchev–Trinajstić information content (AvgIpc) is 3.14. The molecule has 2 aromatic rings. The molecule has 0 radical (unpaired) electrons. The SMILES string of the molecule is Cc1ccc(CNC[C@@H]2CCO[C@H]2c2c(C)nn(C)c2C)s1. The van der Waals surface area contributed by atoms with Gasteiger partial charge in [-0.05, 0) is 39.3 Å². The lowest BCUT2D eigenvalue weighted by Crippen LogP contribution is -2.24. The lowest BCUT2D eigenvalue weighted by atomic mass is 9.94.